The number of benzene rings is 1. The first kappa shape index (κ1) is 18.3. The lowest BCUT2D eigenvalue weighted by Crippen LogP contribution is -2.47. The Labute approximate surface area is 164 Å². The normalized spacial score (nSPS) is 15.6. The molecule has 2 aromatic heterocycles. The Hall–Kier alpha value is -3.12. The van der Waals surface area contributed by atoms with Crippen LogP contribution in [0.5, 0.6) is 0 Å². The first-order valence-corrected chi connectivity index (χ1v) is 9.61. The Morgan fingerprint density at radius 3 is 2.75 bits per heavy atom. The number of nitrogens with two attached hydrogens (primary N) is 1. The number of carbonyl (C=O) groups excluding carboxylic acids is 1. The summed E-state index contributed by atoms with van der Waals surface area (Å²) >= 11 is 0. The minimum absolute atomic E-state index is 0.0836. The van der Waals surface area contributed by atoms with E-state index < -0.39 is 0 Å². The van der Waals surface area contributed by atoms with Gasteiger partial charge in [-0.15, -0.1) is 0 Å². The predicted molar refractivity (Wildman–Crippen MR) is 113 cm³/mol. The maximum Gasteiger partial charge on any atom is 0.250 e. The van der Waals surface area contributed by atoms with Gasteiger partial charge >= 0.3 is 0 Å². The fraction of sp³-hybridized carbons (Fsp3) is 0.273. The molecule has 3 heterocycles. The van der Waals surface area contributed by atoms with Gasteiger partial charge in [0, 0.05) is 37.3 Å². The lowest BCUT2D eigenvalue weighted by molar-refractivity contribution is -0.114. The number of nitrogens with one attached hydrogen (secondary N) is 1. The molecule has 1 amide bonds. The zero-order valence-electron chi connectivity index (χ0n) is 15.8. The van der Waals surface area contributed by atoms with Crippen LogP contribution < -0.4 is 10.6 Å². The van der Waals surface area contributed by atoms with Gasteiger partial charge in [0.2, 0.25) is 0 Å². The van der Waals surface area contributed by atoms with Crippen molar-refractivity contribution in [3.05, 3.63) is 67.0 Å². The third-order valence-electron chi connectivity index (χ3n) is 5.41. The van der Waals surface area contributed by atoms with Crippen molar-refractivity contribution in [1.29, 1.82) is 0 Å². The quantitative estimate of drug-likeness (QED) is 0.671. The number of nitrogens with zero attached hydrogens (tertiary/aromatic N) is 3. The Kier molecular flexibility index (Phi) is 5.12. The van der Waals surface area contributed by atoms with Crippen LogP contribution in [0.1, 0.15) is 18.4 Å². The van der Waals surface area contributed by atoms with Crippen molar-refractivity contribution in [1.82, 2.24) is 14.9 Å². The molecule has 0 spiro atoms. The van der Waals surface area contributed by atoms with Crippen molar-refractivity contribution in [2.75, 3.05) is 23.7 Å². The number of nitrogen functional groups attached to an aromatic ring is 1. The van der Waals surface area contributed by atoms with Crippen LogP contribution in [0, 0.1) is 0 Å². The van der Waals surface area contributed by atoms with Gasteiger partial charge in [-0.3, -0.25) is 9.69 Å². The van der Waals surface area contributed by atoms with Crippen molar-refractivity contribution in [2.45, 2.75) is 25.4 Å². The smallest absolute Gasteiger partial charge is 0.250 e. The van der Waals surface area contributed by atoms with Crippen molar-refractivity contribution in [3.8, 4) is 0 Å². The van der Waals surface area contributed by atoms with E-state index in [1.165, 1.54) is 11.6 Å². The molecule has 144 valence electrons. The fourth-order valence-corrected chi connectivity index (χ4v) is 4.03. The molecule has 0 atom stereocenters. The molecule has 1 fully saturated rings. The van der Waals surface area contributed by atoms with Gasteiger partial charge in [-0.05, 0) is 30.5 Å². The summed E-state index contributed by atoms with van der Waals surface area (Å²) in [6, 6.07) is 12.5. The predicted octanol–water partition coefficient (Wildman–Crippen LogP) is 3.33. The molecule has 0 aliphatic carbocycles. The molecule has 6 nitrogen and oxygen atoms in total. The number of likely N-dealkylation sites (tertiary alicyclic amines) is 1. The summed E-state index contributed by atoms with van der Waals surface area (Å²) in [7, 11) is 0. The molecule has 0 bridgehead atoms. The highest BCUT2D eigenvalue weighted by Gasteiger charge is 2.30. The van der Waals surface area contributed by atoms with Crippen LogP contribution in [0.25, 0.3) is 11.0 Å². The van der Waals surface area contributed by atoms with Gasteiger partial charge in [-0.1, -0.05) is 36.9 Å². The largest absolute Gasteiger partial charge is 0.396 e. The van der Waals surface area contributed by atoms with Crippen molar-refractivity contribution < 1.29 is 4.79 Å². The maximum absolute atomic E-state index is 12.8. The van der Waals surface area contributed by atoms with E-state index in [1.807, 2.05) is 23.2 Å². The lowest BCUT2D eigenvalue weighted by atomic mass is 10.0. The molecule has 0 unspecified atom stereocenters. The molecule has 6 heteroatoms. The summed E-state index contributed by atoms with van der Waals surface area (Å²) in [4.78, 5) is 24.5. The molecule has 28 heavy (non-hydrogen) atoms. The molecule has 3 aromatic rings. The highest BCUT2D eigenvalue weighted by molar-refractivity contribution is 6.10. The van der Waals surface area contributed by atoms with Gasteiger partial charge in [0.1, 0.15) is 5.65 Å². The van der Waals surface area contributed by atoms with E-state index in [4.69, 9.17) is 5.73 Å². The molecular weight excluding hydrogens is 350 g/mol. The molecule has 1 saturated heterocycles. The van der Waals surface area contributed by atoms with Crippen molar-refractivity contribution >= 4 is 28.3 Å². The van der Waals surface area contributed by atoms with E-state index in [0.717, 1.165) is 49.2 Å². The summed E-state index contributed by atoms with van der Waals surface area (Å²) in [5.74, 6) is -0.123. The number of H-pyrrole nitrogens is 1. The zero-order chi connectivity index (χ0) is 19.5. The van der Waals surface area contributed by atoms with Crippen LogP contribution in [0.2, 0.25) is 0 Å². The molecule has 1 aromatic carbocycles. The summed E-state index contributed by atoms with van der Waals surface area (Å²) in [5.41, 5.74) is 9.54. The molecule has 0 saturated carbocycles. The van der Waals surface area contributed by atoms with Gasteiger partial charge in [0.15, 0.2) is 0 Å². The maximum atomic E-state index is 12.8. The summed E-state index contributed by atoms with van der Waals surface area (Å²) < 4.78 is 0. The zero-order valence-corrected chi connectivity index (χ0v) is 15.8. The van der Waals surface area contributed by atoms with Crippen LogP contribution in [0.3, 0.4) is 0 Å². The highest BCUT2D eigenvalue weighted by Crippen LogP contribution is 2.35. The number of fused-ring (bicyclic) bond motifs is 1. The second-order valence-corrected chi connectivity index (χ2v) is 7.21. The van der Waals surface area contributed by atoms with E-state index >= 15 is 0 Å². The van der Waals surface area contributed by atoms with E-state index in [-0.39, 0.29) is 11.9 Å². The summed E-state index contributed by atoms with van der Waals surface area (Å²) in [6.45, 7) is 6.50. The van der Waals surface area contributed by atoms with Crippen LogP contribution >= 0.6 is 0 Å². The Morgan fingerprint density at radius 2 is 2.04 bits per heavy atom. The topological polar surface area (TPSA) is 78.2 Å². The third kappa shape index (κ3) is 3.51. The third-order valence-corrected chi connectivity index (χ3v) is 5.41. The second-order valence-electron chi connectivity index (χ2n) is 7.21. The molecule has 1 aliphatic rings. The Bertz CT molecular complexity index is 973. The lowest BCUT2D eigenvalue weighted by Gasteiger charge is -2.38. The number of amides is 1. The first-order valence-electron chi connectivity index (χ1n) is 9.61. The average Bonchev–Trinajstić information content (AvgIpc) is 3.20. The molecular formula is C22H25N5O. The minimum atomic E-state index is -0.123. The van der Waals surface area contributed by atoms with Gasteiger partial charge in [0.05, 0.1) is 17.6 Å². The van der Waals surface area contributed by atoms with Crippen LogP contribution in [-0.4, -0.2) is 39.9 Å². The standard InChI is InChI=1S/C22H25N5O/c1-2-20(28)27(21-18-8-11-24-22(18)25-14-19(21)23)17-9-12-26(13-10-17)15-16-6-4-3-5-7-16/h2-8,11,14,17H,1,9-10,12-13,15,23H2,(H,24,25). The summed E-state index contributed by atoms with van der Waals surface area (Å²) in [6.07, 6.45) is 6.58. The average molecular weight is 375 g/mol. The number of aromatic nitrogens is 2. The van der Waals surface area contributed by atoms with E-state index in [0.29, 0.717) is 5.69 Å². The van der Waals surface area contributed by atoms with Gasteiger partial charge < -0.3 is 15.6 Å². The number of pyridine rings is 1. The highest BCUT2D eigenvalue weighted by atomic mass is 16.2. The molecule has 1 aliphatic heterocycles. The number of carbonyl (C=O) groups is 1. The van der Waals surface area contributed by atoms with Crippen molar-refractivity contribution in [3.63, 3.8) is 0 Å². The van der Waals surface area contributed by atoms with E-state index in [1.54, 1.807) is 6.20 Å². The van der Waals surface area contributed by atoms with Gasteiger partial charge in [-0.25, -0.2) is 4.98 Å². The first-order chi connectivity index (χ1) is 13.7. The number of rotatable bonds is 5. The number of anilines is 2. The number of hydrogen-bond acceptors (Lipinski definition) is 4. The van der Waals surface area contributed by atoms with E-state index in [2.05, 4.69) is 45.7 Å². The van der Waals surface area contributed by atoms with Crippen molar-refractivity contribution in [2.24, 2.45) is 0 Å². The van der Waals surface area contributed by atoms with Gasteiger partial charge in [0.25, 0.3) is 5.91 Å². The SMILES string of the molecule is C=CC(=O)N(c1c(N)cnc2[nH]ccc12)C1CCN(Cc2ccccc2)CC1. The number of aromatic amines is 1. The number of hydrogen-bond donors (Lipinski definition) is 2. The monoisotopic (exact) mass is 375 g/mol. The van der Waals surface area contributed by atoms with Crippen LogP contribution in [-0.2, 0) is 11.3 Å². The second kappa shape index (κ2) is 7.86. The molecule has 3 N–H and O–H groups in total. The molecule has 0 radical (unpaired) electrons. The summed E-state index contributed by atoms with van der Waals surface area (Å²) in [5, 5.41) is 0.863. The van der Waals surface area contributed by atoms with Crippen LogP contribution in [0.4, 0.5) is 11.4 Å². The molecule has 4 rings (SSSR count). The Morgan fingerprint density at radius 1 is 1.29 bits per heavy atom. The minimum Gasteiger partial charge on any atom is -0.396 e. The fourth-order valence-electron chi connectivity index (χ4n) is 4.03. The van der Waals surface area contributed by atoms with Gasteiger partial charge in [-0.2, -0.15) is 0 Å². The van der Waals surface area contributed by atoms with E-state index in [9.17, 15) is 4.79 Å². The Balaban J connectivity index is 1.56. The number of piperidine rings is 1. The van der Waals surface area contributed by atoms with Crippen LogP contribution in [0.15, 0.2) is 61.4 Å².